The van der Waals surface area contributed by atoms with Gasteiger partial charge < -0.3 is 20.3 Å². The number of nitro groups is 1. The molecule has 2 aromatic carbocycles. The second kappa shape index (κ2) is 11.2. The maximum atomic E-state index is 13.8. The second-order valence-corrected chi connectivity index (χ2v) is 11.2. The Hall–Kier alpha value is -3.76. The summed E-state index contributed by atoms with van der Waals surface area (Å²) >= 11 is 0. The first kappa shape index (κ1) is 26.8. The van der Waals surface area contributed by atoms with Crippen molar-refractivity contribution in [1.82, 2.24) is 10.2 Å². The molecule has 10 heteroatoms. The van der Waals surface area contributed by atoms with Gasteiger partial charge in [0.1, 0.15) is 0 Å². The van der Waals surface area contributed by atoms with Gasteiger partial charge in [0.15, 0.2) is 5.78 Å². The predicted molar refractivity (Wildman–Crippen MR) is 149 cm³/mol. The number of hydrogen-bond acceptors (Lipinski definition) is 8. The first-order valence-electron chi connectivity index (χ1n) is 13.4. The molecule has 1 fully saturated rings. The van der Waals surface area contributed by atoms with E-state index in [0.717, 1.165) is 36.7 Å². The maximum Gasteiger partial charge on any atom is 0.269 e. The second-order valence-electron chi connectivity index (χ2n) is 11.2. The number of allylic oxidation sites excluding steroid dienone is 1. The molecule has 39 heavy (non-hydrogen) atoms. The van der Waals surface area contributed by atoms with Crippen molar-refractivity contribution in [3.05, 3.63) is 75.5 Å². The predicted octanol–water partition coefficient (Wildman–Crippen LogP) is 3.66. The minimum atomic E-state index is -0.662. The minimum absolute atomic E-state index is 0.0113. The van der Waals surface area contributed by atoms with E-state index in [1.807, 2.05) is 29.2 Å². The highest BCUT2D eigenvalue weighted by Gasteiger charge is 2.42. The van der Waals surface area contributed by atoms with Crippen molar-refractivity contribution >= 4 is 28.8 Å². The number of anilines is 2. The van der Waals surface area contributed by atoms with Crippen LogP contribution in [0, 0.1) is 15.5 Å². The third-order valence-corrected chi connectivity index (χ3v) is 7.57. The molecule has 1 aliphatic carbocycles. The van der Waals surface area contributed by atoms with Gasteiger partial charge in [-0.1, -0.05) is 38.1 Å². The Morgan fingerprint density at radius 1 is 1.15 bits per heavy atom. The lowest BCUT2D eigenvalue weighted by atomic mass is 9.73. The number of nitrogens with zero attached hydrogens (tertiary/aromatic N) is 3. The van der Waals surface area contributed by atoms with Crippen molar-refractivity contribution in [2.75, 3.05) is 56.2 Å². The van der Waals surface area contributed by atoms with Crippen molar-refractivity contribution in [2.45, 2.75) is 32.7 Å². The van der Waals surface area contributed by atoms with Gasteiger partial charge in [0, 0.05) is 56.0 Å². The summed E-state index contributed by atoms with van der Waals surface area (Å²) in [5.41, 5.74) is 3.23. The molecule has 2 heterocycles. The van der Waals surface area contributed by atoms with E-state index in [9.17, 15) is 19.7 Å². The molecule has 3 aliphatic rings. The van der Waals surface area contributed by atoms with Crippen molar-refractivity contribution < 1.29 is 19.2 Å². The minimum Gasteiger partial charge on any atom is -0.379 e. The van der Waals surface area contributed by atoms with E-state index in [0.29, 0.717) is 43.7 Å². The van der Waals surface area contributed by atoms with Gasteiger partial charge in [-0.3, -0.25) is 24.6 Å². The van der Waals surface area contributed by atoms with E-state index in [-0.39, 0.29) is 29.3 Å². The Bertz CT molecular complexity index is 1300. The Labute approximate surface area is 228 Å². The van der Waals surface area contributed by atoms with Crippen LogP contribution in [0.15, 0.2) is 59.8 Å². The van der Waals surface area contributed by atoms with E-state index >= 15 is 0 Å². The highest BCUT2D eigenvalue weighted by atomic mass is 16.6. The number of Topliss-reactive ketones (excluding diaryl/α,β-unsaturated/α-hetero) is 1. The first-order chi connectivity index (χ1) is 18.7. The lowest BCUT2D eigenvalue weighted by Gasteiger charge is -2.37. The molecule has 0 radical (unpaired) electrons. The molecular weight excluding hydrogens is 498 g/mol. The highest BCUT2D eigenvalue weighted by molar-refractivity contribution is 6.02. The number of ether oxygens (including phenoxy) is 1. The number of non-ortho nitro benzene ring substituents is 1. The van der Waals surface area contributed by atoms with Gasteiger partial charge in [-0.05, 0) is 29.5 Å². The number of amides is 1. The van der Waals surface area contributed by atoms with E-state index in [2.05, 4.69) is 29.4 Å². The summed E-state index contributed by atoms with van der Waals surface area (Å²) in [4.78, 5) is 42.5. The van der Waals surface area contributed by atoms with Crippen LogP contribution in [-0.4, -0.2) is 67.5 Å². The summed E-state index contributed by atoms with van der Waals surface area (Å²) < 4.78 is 5.40. The number of benzene rings is 2. The fourth-order valence-electron chi connectivity index (χ4n) is 5.77. The Morgan fingerprint density at radius 3 is 2.69 bits per heavy atom. The Balaban J connectivity index is 1.52. The number of nitrogens with one attached hydrogen (secondary N) is 2. The van der Waals surface area contributed by atoms with Gasteiger partial charge in [0.05, 0.1) is 42.1 Å². The summed E-state index contributed by atoms with van der Waals surface area (Å²) in [6, 6.07) is 13.4. The number of para-hydroxylation sites is 2. The lowest BCUT2D eigenvalue weighted by molar-refractivity contribution is -0.384. The number of morpholine rings is 1. The molecule has 0 aromatic heterocycles. The molecule has 0 spiro atoms. The van der Waals surface area contributed by atoms with Crippen LogP contribution in [0.4, 0.5) is 17.1 Å². The van der Waals surface area contributed by atoms with Crippen LogP contribution in [0.3, 0.4) is 0 Å². The van der Waals surface area contributed by atoms with Gasteiger partial charge in [-0.2, -0.15) is 0 Å². The Morgan fingerprint density at radius 2 is 1.92 bits per heavy atom. The fraction of sp³-hybridized carbons (Fsp3) is 0.448. The number of fused-ring (bicyclic) bond motifs is 1. The standard InChI is InChI=1S/C29H35N5O5/c1-29(2)17-23-27(25(35)18-29)28(20-6-5-7-21(16-20)34(37)38)33(24-9-4-3-8-22(24)31-23)19-26(36)30-10-11-32-12-14-39-15-13-32/h3-9,16,28,31H,10-15,17-19H2,1-2H3,(H,30,36). The maximum absolute atomic E-state index is 13.8. The van der Waals surface area contributed by atoms with Gasteiger partial charge in [-0.15, -0.1) is 0 Å². The quantitative estimate of drug-likeness (QED) is 0.409. The summed E-state index contributed by atoms with van der Waals surface area (Å²) in [6.07, 6.45) is 1.00. The first-order valence-corrected chi connectivity index (χ1v) is 13.4. The molecule has 0 bridgehead atoms. The van der Waals surface area contributed by atoms with Gasteiger partial charge in [-0.25, -0.2) is 0 Å². The molecule has 10 nitrogen and oxygen atoms in total. The van der Waals surface area contributed by atoms with Gasteiger partial charge in [0.2, 0.25) is 5.91 Å². The molecule has 206 valence electrons. The molecule has 2 N–H and O–H groups in total. The fourth-order valence-corrected chi connectivity index (χ4v) is 5.77. The van der Waals surface area contributed by atoms with Crippen LogP contribution in [0.25, 0.3) is 0 Å². The Kier molecular flexibility index (Phi) is 7.67. The number of nitro benzene ring substituents is 1. The zero-order valence-corrected chi connectivity index (χ0v) is 22.4. The molecule has 0 saturated carbocycles. The van der Waals surface area contributed by atoms with E-state index in [4.69, 9.17) is 4.74 Å². The number of carbonyl (C=O) groups excluding carboxylic acids is 2. The van der Waals surface area contributed by atoms with Crippen molar-refractivity contribution in [1.29, 1.82) is 0 Å². The van der Waals surface area contributed by atoms with Crippen LogP contribution in [0.1, 0.15) is 38.3 Å². The summed E-state index contributed by atoms with van der Waals surface area (Å²) in [5.74, 6) is -0.197. The van der Waals surface area contributed by atoms with Crippen molar-refractivity contribution in [2.24, 2.45) is 5.41 Å². The monoisotopic (exact) mass is 533 g/mol. The molecule has 5 rings (SSSR count). The molecule has 1 amide bonds. The number of ketones is 1. The average Bonchev–Trinajstić information content (AvgIpc) is 3.03. The van der Waals surface area contributed by atoms with Crippen LogP contribution in [0.5, 0.6) is 0 Å². The normalized spacial score (nSPS) is 20.9. The van der Waals surface area contributed by atoms with Gasteiger partial charge in [0.25, 0.3) is 5.69 Å². The molecule has 1 unspecified atom stereocenters. The molecular formula is C29H35N5O5. The number of carbonyl (C=O) groups is 2. The number of hydrogen-bond donors (Lipinski definition) is 2. The van der Waals surface area contributed by atoms with Crippen molar-refractivity contribution in [3.63, 3.8) is 0 Å². The largest absolute Gasteiger partial charge is 0.379 e. The summed E-state index contributed by atoms with van der Waals surface area (Å²) in [6.45, 7) is 8.40. The molecule has 2 aromatic rings. The average molecular weight is 534 g/mol. The molecule has 1 atom stereocenters. The van der Waals surface area contributed by atoms with Crippen molar-refractivity contribution in [3.8, 4) is 0 Å². The van der Waals surface area contributed by atoms with Crippen LogP contribution < -0.4 is 15.5 Å². The third-order valence-electron chi connectivity index (χ3n) is 7.57. The number of rotatable bonds is 7. The van der Waals surface area contributed by atoms with Crippen LogP contribution in [-0.2, 0) is 14.3 Å². The van der Waals surface area contributed by atoms with E-state index in [1.165, 1.54) is 12.1 Å². The lowest BCUT2D eigenvalue weighted by Crippen LogP contribution is -2.45. The zero-order valence-electron chi connectivity index (χ0n) is 22.4. The van der Waals surface area contributed by atoms with Crippen LogP contribution >= 0.6 is 0 Å². The summed E-state index contributed by atoms with van der Waals surface area (Å²) in [5, 5.41) is 18.2. The highest BCUT2D eigenvalue weighted by Crippen LogP contribution is 2.48. The van der Waals surface area contributed by atoms with Crippen LogP contribution in [0.2, 0.25) is 0 Å². The van der Waals surface area contributed by atoms with Gasteiger partial charge >= 0.3 is 0 Å². The SMILES string of the molecule is CC1(C)CC(=O)C2=C(C1)Nc1ccccc1N(CC(=O)NCCN1CCOCC1)C2c1cccc([N+](=O)[O-])c1. The zero-order chi connectivity index (χ0) is 27.6. The molecule has 2 aliphatic heterocycles. The third kappa shape index (κ3) is 5.97. The van der Waals surface area contributed by atoms with E-state index < -0.39 is 11.0 Å². The van der Waals surface area contributed by atoms with E-state index in [1.54, 1.807) is 12.1 Å². The smallest absolute Gasteiger partial charge is 0.269 e. The molecule has 1 saturated heterocycles. The topological polar surface area (TPSA) is 117 Å². The summed E-state index contributed by atoms with van der Waals surface area (Å²) in [7, 11) is 0.